The van der Waals surface area contributed by atoms with Crippen molar-refractivity contribution < 1.29 is 14.3 Å². The van der Waals surface area contributed by atoms with E-state index >= 15 is 0 Å². The number of allylic oxidation sites excluding steroid dienone is 2. The van der Waals surface area contributed by atoms with Crippen LogP contribution in [0.4, 0.5) is 0 Å². The summed E-state index contributed by atoms with van der Waals surface area (Å²) < 4.78 is 5.80. The fraction of sp³-hybridized carbons (Fsp3) is 0.522. The van der Waals surface area contributed by atoms with E-state index < -0.39 is 0 Å². The van der Waals surface area contributed by atoms with E-state index in [9.17, 15) is 9.59 Å². The number of nitrogens with one attached hydrogen (secondary N) is 2. The van der Waals surface area contributed by atoms with Crippen molar-refractivity contribution in [1.82, 2.24) is 15.5 Å². The van der Waals surface area contributed by atoms with Crippen molar-refractivity contribution in [3.8, 4) is 5.75 Å². The summed E-state index contributed by atoms with van der Waals surface area (Å²) in [5.74, 6) is 1.83. The second-order valence-corrected chi connectivity index (χ2v) is 8.22. The van der Waals surface area contributed by atoms with E-state index in [2.05, 4.69) is 27.8 Å². The maximum absolute atomic E-state index is 12.7. The molecule has 7 heteroatoms. The summed E-state index contributed by atoms with van der Waals surface area (Å²) in [5, 5.41) is 6.44. The first-order chi connectivity index (χ1) is 14.6. The van der Waals surface area contributed by atoms with Crippen molar-refractivity contribution in [3.05, 3.63) is 42.0 Å². The SMILES string of the molecule is CN=C(NCCCOc1ccccc1C)NCCN1C(=O)C2C3C=CC(C3)C2C1=O. The molecule has 2 N–H and O–H groups in total. The number of carbonyl (C=O) groups excluding carboxylic acids is 2. The fourth-order valence-electron chi connectivity index (χ4n) is 4.87. The molecule has 2 fully saturated rings. The Balaban J connectivity index is 1.15. The minimum Gasteiger partial charge on any atom is -0.493 e. The number of nitrogens with zero attached hydrogens (tertiary/aromatic N) is 2. The van der Waals surface area contributed by atoms with Gasteiger partial charge in [0.2, 0.25) is 11.8 Å². The fourth-order valence-corrected chi connectivity index (χ4v) is 4.87. The summed E-state index contributed by atoms with van der Waals surface area (Å²) in [7, 11) is 1.71. The van der Waals surface area contributed by atoms with Gasteiger partial charge in [0, 0.05) is 26.7 Å². The summed E-state index contributed by atoms with van der Waals surface area (Å²) in [5.41, 5.74) is 1.13. The van der Waals surface area contributed by atoms with Crippen molar-refractivity contribution in [3.63, 3.8) is 0 Å². The van der Waals surface area contributed by atoms with Gasteiger partial charge in [-0.15, -0.1) is 0 Å². The van der Waals surface area contributed by atoms with Crippen LogP contribution in [0.1, 0.15) is 18.4 Å². The maximum Gasteiger partial charge on any atom is 0.233 e. The van der Waals surface area contributed by atoms with Crippen LogP contribution in [-0.2, 0) is 9.59 Å². The van der Waals surface area contributed by atoms with E-state index in [-0.39, 0.29) is 35.5 Å². The van der Waals surface area contributed by atoms with Gasteiger partial charge in [-0.25, -0.2) is 0 Å². The van der Waals surface area contributed by atoms with Crippen LogP contribution in [0, 0.1) is 30.6 Å². The van der Waals surface area contributed by atoms with Crippen LogP contribution in [0.2, 0.25) is 0 Å². The average Bonchev–Trinajstić information content (AvgIpc) is 3.43. The van der Waals surface area contributed by atoms with Crippen molar-refractivity contribution in [2.24, 2.45) is 28.7 Å². The Labute approximate surface area is 177 Å². The van der Waals surface area contributed by atoms with E-state index in [0.29, 0.717) is 32.2 Å². The summed E-state index contributed by atoms with van der Waals surface area (Å²) >= 11 is 0. The van der Waals surface area contributed by atoms with E-state index in [1.165, 1.54) is 4.90 Å². The van der Waals surface area contributed by atoms with Gasteiger partial charge in [0.1, 0.15) is 5.75 Å². The summed E-state index contributed by atoms with van der Waals surface area (Å²) in [6.07, 6.45) is 6.03. The predicted molar refractivity (Wildman–Crippen MR) is 115 cm³/mol. The molecule has 1 aliphatic heterocycles. The van der Waals surface area contributed by atoms with Crippen molar-refractivity contribution >= 4 is 17.8 Å². The molecule has 2 bridgehead atoms. The highest BCUT2D eigenvalue weighted by molar-refractivity contribution is 6.06. The van der Waals surface area contributed by atoms with Gasteiger partial charge in [0.05, 0.1) is 18.4 Å². The van der Waals surface area contributed by atoms with Crippen molar-refractivity contribution in [2.75, 3.05) is 33.3 Å². The average molecular weight is 411 g/mol. The number of aliphatic imine (C=N–C) groups is 1. The Hall–Kier alpha value is -2.83. The molecular formula is C23H30N4O3. The summed E-state index contributed by atoms with van der Waals surface area (Å²) in [6.45, 7) is 4.22. The van der Waals surface area contributed by atoms with E-state index in [1.54, 1.807) is 7.05 Å². The molecule has 1 aromatic rings. The minimum absolute atomic E-state index is 0.0000457. The molecule has 7 nitrogen and oxygen atoms in total. The number of ether oxygens (including phenoxy) is 1. The molecule has 1 saturated carbocycles. The smallest absolute Gasteiger partial charge is 0.233 e. The van der Waals surface area contributed by atoms with Crippen LogP contribution < -0.4 is 15.4 Å². The maximum atomic E-state index is 12.7. The second kappa shape index (κ2) is 8.90. The van der Waals surface area contributed by atoms with Gasteiger partial charge in [-0.1, -0.05) is 30.4 Å². The Morgan fingerprint density at radius 1 is 1.10 bits per heavy atom. The van der Waals surface area contributed by atoms with Crippen molar-refractivity contribution in [2.45, 2.75) is 19.8 Å². The molecule has 160 valence electrons. The van der Waals surface area contributed by atoms with Gasteiger partial charge in [-0.3, -0.25) is 19.5 Å². The third kappa shape index (κ3) is 3.93. The molecular weight excluding hydrogens is 380 g/mol. The van der Waals surface area contributed by atoms with Gasteiger partial charge in [-0.05, 0) is 43.2 Å². The molecule has 1 aromatic carbocycles. The number of fused-ring (bicyclic) bond motifs is 5. The Morgan fingerprint density at radius 3 is 2.43 bits per heavy atom. The van der Waals surface area contributed by atoms with E-state index in [1.807, 2.05) is 31.2 Å². The minimum atomic E-state index is -0.127. The molecule has 0 radical (unpaired) electrons. The first-order valence-corrected chi connectivity index (χ1v) is 10.8. The number of guanidine groups is 1. The number of rotatable bonds is 8. The summed E-state index contributed by atoms with van der Waals surface area (Å²) in [4.78, 5) is 31.1. The molecule has 0 spiro atoms. The molecule has 1 saturated heterocycles. The number of hydrogen-bond donors (Lipinski definition) is 2. The number of hydrogen-bond acceptors (Lipinski definition) is 4. The monoisotopic (exact) mass is 410 g/mol. The van der Waals surface area contributed by atoms with Gasteiger partial charge in [0.25, 0.3) is 0 Å². The summed E-state index contributed by atoms with van der Waals surface area (Å²) in [6, 6.07) is 7.97. The molecule has 4 atom stereocenters. The van der Waals surface area contributed by atoms with Gasteiger partial charge < -0.3 is 15.4 Å². The number of likely N-dealkylation sites (tertiary alicyclic amines) is 1. The number of para-hydroxylation sites is 1. The van der Waals surface area contributed by atoms with Gasteiger partial charge >= 0.3 is 0 Å². The lowest BCUT2D eigenvalue weighted by atomic mass is 9.85. The topological polar surface area (TPSA) is 83.0 Å². The van der Waals surface area contributed by atoms with Gasteiger partial charge in [0.15, 0.2) is 5.96 Å². The molecule has 4 rings (SSSR count). The molecule has 30 heavy (non-hydrogen) atoms. The molecule has 2 aliphatic carbocycles. The quantitative estimate of drug-likeness (QED) is 0.224. The zero-order valence-electron chi connectivity index (χ0n) is 17.6. The standard InChI is InChI=1S/C23H30N4O3/c1-15-6-3-4-7-18(15)30-13-5-10-25-23(24-2)26-11-12-27-21(28)19-16-8-9-17(14-16)20(19)22(27)29/h3-4,6-9,16-17,19-20H,5,10-14H2,1-2H3,(H2,24,25,26). The largest absolute Gasteiger partial charge is 0.493 e. The normalized spacial score (nSPS) is 27.0. The highest BCUT2D eigenvalue weighted by Gasteiger charge is 2.58. The number of imide groups is 1. The van der Waals surface area contributed by atoms with Crippen LogP contribution in [0.15, 0.2) is 41.4 Å². The Bertz CT molecular complexity index is 836. The highest BCUT2D eigenvalue weighted by Crippen LogP contribution is 2.52. The first-order valence-electron chi connectivity index (χ1n) is 10.8. The van der Waals surface area contributed by atoms with Crippen molar-refractivity contribution in [1.29, 1.82) is 0 Å². The van der Waals surface area contributed by atoms with Gasteiger partial charge in [-0.2, -0.15) is 0 Å². The Kier molecular flexibility index (Phi) is 6.06. The first kappa shape index (κ1) is 20.4. The zero-order valence-corrected chi connectivity index (χ0v) is 17.6. The lowest BCUT2D eigenvalue weighted by Crippen LogP contribution is -2.44. The van der Waals surface area contributed by atoms with E-state index in [0.717, 1.165) is 24.2 Å². The van der Waals surface area contributed by atoms with Crippen LogP contribution in [-0.4, -0.2) is 56.0 Å². The van der Waals surface area contributed by atoms with Crippen LogP contribution in [0.25, 0.3) is 0 Å². The number of carbonyl (C=O) groups is 2. The molecule has 1 heterocycles. The highest BCUT2D eigenvalue weighted by atomic mass is 16.5. The molecule has 3 aliphatic rings. The molecule has 4 unspecified atom stereocenters. The molecule has 2 amide bonds. The van der Waals surface area contributed by atoms with Crippen LogP contribution in [0.5, 0.6) is 5.75 Å². The number of amides is 2. The lowest BCUT2D eigenvalue weighted by Gasteiger charge is -2.18. The predicted octanol–water partition coefficient (Wildman–Crippen LogP) is 1.74. The van der Waals surface area contributed by atoms with Crippen LogP contribution >= 0.6 is 0 Å². The van der Waals surface area contributed by atoms with E-state index in [4.69, 9.17) is 4.74 Å². The second-order valence-electron chi connectivity index (χ2n) is 8.22. The third-order valence-electron chi connectivity index (χ3n) is 6.38. The number of aryl methyl sites for hydroxylation is 1. The van der Waals surface area contributed by atoms with Crippen LogP contribution in [0.3, 0.4) is 0 Å². The number of benzene rings is 1. The Morgan fingerprint density at radius 2 is 1.77 bits per heavy atom. The third-order valence-corrected chi connectivity index (χ3v) is 6.38. The molecule has 0 aromatic heterocycles. The lowest BCUT2D eigenvalue weighted by molar-refractivity contribution is -0.140. The zero-order chi connectivity index (χ0) is 21.1.